The van der Waals surface area contributed by atoms with Gasteiger partial charge in [0, 0.05) is 16.4 Å². The van der Waals surface area contributed by atoms with Crippen molar-refractivity contribution in [1.82, 2.24) is 0 Å². The van der Waals surface area contributed by atoms with Gasteiger partial charge in [-0.15, -0.1) is 0 Å². The van der Waals surface area contributed by atoms with Crippen LogP contribution < -0.4 is 4.74 Å². The molecule has 8 aromatic rings. The molecule has 0 aromatic heterocycles. The predicted octanol–water partition coefficient (Wildman–Crippen LogP) is 13.1. The molecule has 1 aliphatic heterocycles. The highest BCUT2D eigenvalue weighted by molar-refractivity contribution is 6.11. The van der Waals surface area contributed by atoms with E-state index in [1.165, 1.54) is 82.7 Å². The zero-order valence-electron chi connectivity index (χ0n) is 26.9. The SMILES string of the molecule is CC1(C)c2ccccc2-c2c1cc(-c1cccc(-c3ccc4c(c3)-c3cccc5c(-c6ccccc6)ccc(c35)O4)c1)c1ccccc21. The van der Waals surface area contributed by atoms with Gasteiger partial charge in [0.25, 0.3) is 0 Å². The lowest BCUT2D eigenvalue weighted by molar-refractivity contribution is 0.487. The van der Waals surface area contributed by atoms with Gasteiger partial charge in [0.1, 0.15) is 11.5 Å². The van der Waals surface area contributed by atoms with Crippen LogP contribution in [0.15, 0.2) is 158 Å². The summed E-state index contributed by atoms with van der Waals surface area (Å²) in [6.07, 6.45) is 0. The Bertz CT molecular complexity index is 2610. The molecule has 2 aliphatic rings. The van der Waals surface area contributed by atoms with Crippen molar-refractivity contribution < 1.29 is 4.74 Å². The summed E-state index contributed by atoms with van der Waals surface area (Å²) in [7, 11) is 0. The van der Waals surface area contributed by atoms with E-state index in [4.69, 9.17) is 4.74 Å². The average molecular weight is 613 g/mol. The van der Waals surface area contributed by atoms with Crippen LogP contribution in [0.4, 0.5) is 0 Å². The van der Waals surface area contributed by atoms with Crippen molar-refractivity contribution in [2.24, 2.45) is 0 Å². The molecule has 1 heteroatoms. The fraction of sp³-hybridized carbons (Fsp3) is 0.0638. The van der Waals surface area contributed by atoms with E-state index in [2.05, 4.69) is 172 Å². The van der Waals surface area contributed by atoms with Crippen molar-refractivity contribution >= 4 is 21.5 Å². The Hall–Kier alpha value is -5.92. The summed E-state index contributed by atoms with van der Waals surface area (Å²) < 4.78 is 6.56. The number of benzene rings is 8. The highest BCUT2D eigenvalue weighted by Crippen LogP contribution is 2.54. The van der Waals surface area contributed by atoms with Gasteiger partial charge in [-0.05, 0) is 108 Å². The van der Waals surface area contributed by atoms with Gasteiger partial charge in [0.05, 0.1) is 0 Å². The normalized spacial score (nSPS) is 13.5. The topological polar surface area (TPSA) is 9.23 Å². The Kier molecular flexibility index (Phi) is 5.69. The van der Waals surface area contributed by atoms with E-state index < -0.39 is 0 Å². The van der Waals surface area contributed by atoms with E-state index >= 15 is 0 Å². The van der Waals surface area contributed by atoms with Gasteiger partial charge >= 0.3 is 0 Å². The van der Waals surface area contributed by atoms with Gasteiger partial charge in [-0.1, -0.05) is 141 Å². The molecule has 0 saturated heterocycles. The molecule has 48 heavy (non-hydrogen) atoms. The molecule has 8 aromatic carbocycles. The predicted molar refractivity (Wildman–Crippen MR) is 201 cm³/mol. The molecular weight excluding hydrogens is 581 g/mol. The first-order chi connectivity index (χ1) is 23.6. The molecule has 0 saturated carbocycles. The fourth-order valence-electron chi connectivity index (χ4n) is 8.34. The smallest absolute Gasteiger partial charge is 0.135 e. The summed E-state index contributed by atoms with van der Waals surface area (Å²) in [5, 5.41) is 4.99. The summed E-state index contributed by atoms with van der Waals surface area (Å²) in [4.78, 5) is 0. The summed E-state index contributed by atoms with van der Waals surface area (Å²) >= 11 is 0. The molecule has 1 aliphatic carbocycles. The lowest BCUT2D eigenvalue weighted by atomic mass is 9.80. The Morgan fingerprint density at radius 3 is 1.94 bits per heavy atom. The van der Waals surface area contributed by atoms with Crippen LogP contribution in [0.25, 0.3) is 77.2 Å². The van der Waals surface area contributed by atoms with Crippen molar-refractivity contribution in [1.29, 1.82) is 0 Å². The van der Waals surface area contributed by atoms with Gasteiger partial charge in [-0.3, -0.25) is 0 Å². The van der Waals surface area contributed by atoms with Crippen molar-refractivity contribution in [3.05, 3.63) is 169 Å². The van der Waals surface area contributed by atoms with Gasteiger partial charge in [-0.25, -0.2) is 0 Å². The van der Waals surface area contributed by atoms with E-state index in [9.17, 15) is 0 Å². The van der Waals surface area contributed by atoms with E-state index in [-0.39, 0.29) is 5.41 Å². The quantitative estimate of drug-likeness (QED) is 0.193. The zero-order valence-corrected chi connectivity index (χ0v) is 26.9. The zero-order chi connectivity index (χ0) is 32.0. The van der Waals surface area contributed by atoms with Crippen molar-refractivity contribution in [3.63, 3.8) is 0 Å². The van der Waals surface area contributed by atoms with Crippen LogP contribution >= 0.6 is 0 Å². The van der Waals surface area contributed by atoms with Crippen LogP contribution in [-0.2, 0) is 5.41 Å². The maximum Gasteiger partial charge on any atom is 0.135 e. The molecule has 0 amide bonds. The number of rotatable bonds is 3. The molecule has 226 valence electrons. The van der Waals surface area contributed by atoms with E-state index in [1.807, 2.05) is 0 Å². The minimum atomic E-state index is -0.0709. The first-order valence-corrected chi connectivity index (χ1v) is 16.8. The van der Waals surface area contributed by atoms with Crippen LogP contribution in [0.3, 0.4) is 0 Å². The van der Waals surface area contributed by atoms with Crippen molar-refractivity contribution in [3.8, 4) is 67.1 Å². The molecule has 10 rings (SSSR count). The molecule has 0 spiro atoms. The Labute approximate surface area is 280 Å². The van der Waals surface area contributed by atoms with Crippen LogP contribution in [0.2, 0.25) is 0 Å². The number of hydrogen-bond acceptors (Lipinski definition) is 1. The Morgan fingerprint density at radius 1 is 0.375 bits per heavy atom. The van der Waals surface area contributed by atoms with Gasteiger partial charge in [-0.2, -0.15) is 0 Å². The Morgan fingerprint density at radius 2 is 1.04 bits per heavy atom. The third-order valence-electron chi connectivity index (χ3n) is 10.7. The first kappa shape index (κ1) is 27.2. The number of hydrogen-bond donors (Lipinski definition) is 0. The highest BCUT2D eigenvalue weighted by atomic mass is 16.5. The molecular formula is C47H32O. The Balaban J connectivity index is 1.12. The third kappa shape index (κ3) is 3.85. The molecule has 0 atom stereocenters. The lowest BCUT2D eigenvalue weighted by Crippen LogP contribution is -2.15. The first-order valence-electron chi connectivity index (χ1n) is 16.8. The van der Waals surface area contributed by atoms with Crippen molar-refractivity contribution in [2.45, 2.75) is 19.3 Å². The molecule has 1 nitrogen and oxygen atoms in total. The molecule has 0 unspecified atom stereocenters. The molecule has 1 heterocycles. The molecule has 0 fully saturated rings. The molecule has 0 N–H and O–H groups in total. The monoisotopic (exact) mass is 612 g/mol. The van der Waals surface area contributed by atoms with E-state index in [1.54, 1.807) is 0 Å². The van der Waals surface area contributed by atoms with Crippen molar-refractivity contribution in [2.75, 3.05) is 0 Å². The average Bonchev–Trinajstić information content (AvgIpc) is 3.38. The number of fused-ring (bicyclic) bond motifs is 7. The van der Waals surface area contributed by atoms with E-state index in [0.717, 1.165) is 17.1 Å². The van der Waals surface area contributed by atoms with Crippen LogP contribution in [0.1, 0.15) is 25.0 Å². The number of ether oxygens (including phenoxy) is 1. The van der Waals surface area contributed by atoms with Crippen LogP contribution in [0, 0.1) is 0 Å². The highest BCUT2D eigenvalue weighted by Gasteiger charge is 2.37. The second-order valence-electron chi connectivity index (χ2n) is 13.7. The van der Waals surface area contributed by atoms with Crippen LogP contribution in [0.5, 0.6) is 11.5 Å². The third-order valence-corrected chi connectivity index (χ3v) is 10.7. The summed E-state index contributed by atoms with van der Waals surface area (Å²) in [5.74, 6) is 1.81. The minimum absolute atomic E-state index is 0.0709. The minimum Gasteiger partial charge on any atom is -0.456 e. The summed E-state index contributed by atoms with van der Waals surface area (Å²) in [5.41, 5.74) is 15.1. The molecule has 0 bridgehead atoms. The molecule has 0 radical (unpaired) electrons. The second-order valence-corrected chi connectivity index (χ2v) is 13.7. The largest absolute Gasteiger partial charge is 0.456 e. The second kappa shape index (κ2) is 10.0. The lowest BCUT2D eigenvalue weighted by Gasteiger charge is -2.23. The van der Waals surface area contributed by atoms with Gasteiger partial charge in [0.15, 0.2) is 0 Å². The van der Waals surface area contributed by atoms with Gasteiger partial charge < -0.3 is 4.74 Å². The standard InChI is InChI=1S/C47H32O/c1-47(2)41-21-9-8-18-38(41)45-36-17-7-6-16-34(36)39(28-42(45)47)32-15-10-14-30(26-32)31-22-24-43-40(27-31)37-20-11-19-35-33(29-12-4-3-5-13-29)23-25-44(48-43)46(35)37/h3-28H,1-2H3. The van der Waals surface area contributed by atoms with E-state index in [0.29, 0.717) is 0 Å². The van der Waals surface area contributed by atoms with Crippen LogP contribution in [-0.4, -0.2) is 0 Å². The maximum atomic E-state index is 6.56. The fourth-order valence-corrected chi connectivity index (χ4v) is 8.34. The summed E-state index contributed by atoms with van der Waals surface area (Å²) in [6.45, 7) is 4.73. The maximum absolute atomic E-state index is 6.56. The summed E-state index contributed by atoms with van der Waals surface area (Å²) in [6, 6.07) is 57.5. The van der Waals surface area contributed by atoms with Gasteiger partial charge in [0.2, 0.25) is 0 Å².